The second-order valence-electron chi connectivity index (χ2n) is 6.41. The van der Waals surface area contributed by atoms with Crippen LogP contribution in [0.2, 0.25) is 0 Å². The smallest absolute Gasteiger partial charge is 0.287 e. The number of primary amides is 1. The largest absolute Gasteiger partial charge is 0.363 e. The number of thiophene rings is 1. The lowest BCUT2D eigenvalue weighted by molar-refractivity contribution is -0.137. The molecule has 0 aliphatic rings. The molecule has 0 bridgehead atoms. The number of hydrogen-bond donors (Lipinski definition) is 2. The first kappa shape index (κ1) is 19.8. The molecular formula is C20H15N5O3S2. The molecule has 150 valence electrons. The number of rotatable bonds is 7. The van der Waals surface area contributed by atoms with E-state index >= 15 is 0 Å². The standard InChI is InChI=1S/C20H15N5O3S2/c21-19(27)18(26)14(9-12-10-29-15-4-2-1-3-13(12)15)23-20(28)17-16(24-30-25-17)11-5-7-22-8-6-11/h1-8,10,14H,9H2,(H2,21,27)(H,23,28). The average molecular weight is 438 g/mol. The lowest BCUT2D eigenvalue weighted by atomic mass is 10.0. The maximum Gasteiger partial charge on any atom is 0.287 e. The molecule has 8 nitrogen and oxygen atoms in total. The number of nitrogens with zero attached hydrogens (tertiary/aromatic N) is 3. The van der Waals surface area contributed by atoms with Crippen molar-refractivity contribution in [2.45, 2.75) is 12.5 Å². The molecule has 1 unspecified atom stereocenters. The summed E-state index contributed by atoms with van der Waals surface area (Å²) in [6, 6.07) is 10.0. The van der Waals surface area contributed by atoms with E-state index in [2.05, 4.69) is 19.0 Å². The number of carbonyl (C=O) groups excluding carboxylic acids is 3. The van der Waals surface area contributed by atoms with Gasteiger partial charge in [-0.3, -0.25) is 19.4 Å². The minimum Gasteiger partial charge on any atom is -0.363 e. The fourth-order valence-corrected chi connectivity index (χ4v) is 4.60. The van der Waals surface area contributed by atoms with Gasteiger partial charge in [0.2, 0.25) is 5.78 Å². The third-order valence-electron chi connectivity index (χ3n) is 4.51. The molecule has 0 aliphatic heterocycles. The molecule has 30 heavy (non-hydrogen) atoms. The highest BCUT2D eigenvalue weighted by Gasteiger charge is 2.29. The van der Waals surface area contributed by atoms with E-state index in [1.165, 1.54) is 11.3 Å². The fourth-order valence-electron chi connectivity index (χ4n) is 3.06. The van der Waals surface area contributed by atoms with Gasteiger partial charge in [-0.15, -0.1) is 11.3 Å². The third-order valence-corrected chi connectivity index (χ3v) is 6.05. The molecular weight excluding hydrogens is 422 g/mol. The van der Waals surface area contributed by atoms with Crippen molar-refractivity contribution < 1.29 is 14.4 Å². The molecule has 1 aromatic carbocycles. The number of nitrogens with one attached hydrogen (secondary N) is 1. The number of Topliss-reactive ketones (excluding diaryl/α,β-unsaturated/α-hetero) is 1. The van der Waals surface area contributed by atoms with Gasteiger partial charge in [0.05, 0.1) is 11.7 Å². The van der Waals surface area contributed by atoms with Gasteiger partial charge in [-0.2, -0.15) is 8.75 Å². The molecule has 2 amide bonds. The van der Waals surface area contributed by atoms with Crippen molar-refractivity contribution in [3.63, 3.8) is 0 Å². The first-order valence-corrected chi connectivity index (χ1v) is 10.5. The summed E-state index contributed by atoms with van der Waals surface area (Å²) >= 11 is 2.41. The summed E-state index contributed by atoms with van der Waals surface area (Å²) in [5.74, 6) is -2.58. The van der Waals surface area contributed by atoms with Crippen molar-refractivity contribution in [1.82, 2.24) is 19.0 Å². The lowest BCUT2D eigenvalue weighted by Gasteiger charge is -2.15. The lowest BCUT2D eigenvalue weighted by Crippen LogP contribution is -2.47. The van der Waals surface area contributed by atoms with Crippen molar-refractivity contribution in [1.29, 1.82) is 0 Å². The Bertz CT molecular complexity index is 1240. The Hall–Kier alpha value is -3.50. The van der Waals surface area contributed by atoms with E-state index in [0.717, 1.165) is 27.4 Å². The summed E-state index contributed by atoms with van der Waals surface area (Å²) in [6.07, 6.45) is 3.30. The first-order chi connectivity index (χ1) is 14.5. The predicted octanol–water partition coefficient (Wildman–Crippen LogP) is 2.21. The van der Waals surface area contributed by atoms with Gasteiger partial charge in [0.25, 0.3) is 11.8 Å². The molecule has 0 spiro atoms. The van der Waals surface area contributed by atoms with Gasteiger partial charge < -0.3 is 11.1 Å². The Morgan fingerprint density at radius 3 is 2.60 bits per heavy atom. The first-order valence-electron chi connectivity index (χ1n) is 8.87. The maximum absolute atomic E-state index is 12.9. The van der Waals surface area contributed by atoms with E-state index in [1.54, 1.807) is 24.5 Å². The van der Waals surface area contributed by atoms with E-state index in [9.17, 15) is 14.4 Å². The van der Waals surface area contributed by atoms with Crippen LogP contribution < -0.4 is 11.1 Å². The van der Waals surface area contributed by atoms with Crippen LogP contribution in [0, 0.1) is 0 Å². The molecule has 0 saturated heterocycles. The van der Waals surface area contributed by atoms with Crippen molar-refractivity contribution in [3.05, 3.63) is 65.4 Å². The quantitative estimate of drug-likeness (QED) is 0.427. The van der Waals surface area contributed by atoms with Crippen LogP contribution in [-0.4, -0.2) is 37.4 Å². The molecule has 3 heterocycles. The summed E-state index contributed by atoms with van der Waals surface area (Å²) in [5.41, 5.74) is 7.20. The van der Waals surface area contributed by atoms with E-state index < -0.39 is 23.6 Å². The molecule has 0 radical (unpaired) electrons. The number of hydrogen-bond acceptors (Lipinski definition) is 8. The molecule has 3 N–H and O–H groups in total. The van der Waals surface area contributed by atoms with Crippen LogP contribution >= 0.6 is 23.1 Å². The zero-order chi connectivity index (χ0) is 21.1. The number of ketones is 1. The highest BCUT2D eigenvalue weighted by atomic mass is 32.1. The summed E-state index contributed by atoms with van der Waals surface area (Å²) in [5, 5.41) is 5.49. The summed E-state index contributed by atoms with van der Waals surface area (Å²) in [6.45, 7) is 0. The maximum atomic E-state index is 12.9. The fraction of sp³-hybridized carbons (Fsp3) is 0.100. The zero-order valence-electron chi connectivity index (χ0n) is 15.4. The highest BCUT2D eigenvalue weighted by Crippen LogP contribution is 2.27. The van der Waals surface area contributed by atoms with Gasteiger partial charge >= 0.3 is 0 Å². The minimum atomic E-state index is -1.11. The number of nitrogens with two attached hydrogens (primary N) is 1. The summed E-state index contributed by atoms with van der Waals surface area (Å²) < 4.78 is 9.30. The monoisotopic (exact) mass is 437 g/mol. The van der Waals surface area contributed by atoms with Crippen LogP contribution in [0.15, 0.2) is 54.2 Å². The van der Waals surface area contributed by atoms with Gasteiger partial charge in [-0.1, -0.05) is 18.2 Å². The SMILES string of the molecule is NC(=O)C(=O)C(Cc1csc2ccccc12)NC(=O)c1nsnc1-c1ccncc1. The van der Waals surface area contributed by atoms with Gasteiger partial charge in [0.1, 0.15) is 11.7 Å². The predicted molar refractivity (Wildman–Crippen MR) is 114 cm³/mol. The van der Waals surface area contributed by atoms with Gasteiger partial charge in [0.15, 0.2) is 5.69 Å². The zero-order valence-corrected chi connectivity index (χ0v) is 17.1. The number of carbonyl (C=O) groups is 3. The van der Waals surface area contributed by atoms with E-state index in [1.807, 2.05) is 29.6 Å². The Balaban J connectivity index is 1.62. The molecule has 4 rings (SSSR count). The number of amides is 2. The van der Waals surface area contributed by atoms with Crippen molar-refractivity contribution >= 4 is 50.7 Å². The number of fused-ring (bicyclic) bond motifs is 1. The van der Waals surface area contributed by atoms with Gasteiger partial charge in [0, 0.05) is 29.1 Å². The van der Waals surface area contributed by atoms with Crippen molar-refractivity contribution in [2.24, 2.45) is 5.73 Å². The Labute approximate surface area is 179 Å². The molecule has 0 saturated carbocycles. The molecule has 10 heteroatoms. The van der Waals surface area contributed by atoms with Crippen LogP contribution in [0.3, 0.4) is 0 Å². The van der Waals surface area contributed by atoms with Crippen LogP contribution in [0.1, 0.15) is 16.1 Å². The van der Waals surface area contributed by atoms with Crippen molar-refractivity contribution in [3.8, 4) is 11.3 Å². The summed E-state index contributed by atoms with van der Waals surface area (Å²) in [4.78, 5) is 40.9. The van der Waals surface area contributed by atoms with Crippen molar-refractivity contribution in [2.75, 3.05) is 0 Å². The normalized spacial score (nSPS) is 11.9. The van der Waals surface area contributed by atoms with E-state index in [4.69, 9.17) is 5.73 Å². The molecule has 3 aromatic heterocycles. The van der Waals surface area contributed by atoms with E-state index in [-0.39, 0.29) is 12.1 Å². The van der Waals surface area contributed by atoms with Crippen LogP contribution in [0.4, 0.5) is 0 Å². The Kier molecular flexibility index (Phi) is 5.59. The molecule has 1 atom stereocenters. The second kappa shape index (κ2) is 8.47. The summed E-state index contributed by atoms with van der Waals surface area (Å²) in [7, 11) is 0. The van der Waals surface area contributed by atoms with E-state index in [0.29, 0.717) is 11.3 Å². The Morgan fingerprint density at radius 1 is 1.07 bits per heavy atom. The number of pyridine rings is 1. The topological polar surface area (TPSA) is 128 Å². The molecule has 0 aliphatic carbocycles. The van der Waals surface area contributed by atoms with Crippen LogP contribution in [0.25, 0.3) is 21.3 Å². The molecule has 4 aromatic rings. The van der Waals surface area contributed by atoms with Crippen LogP contribution in [0.5, 0.6) is 0 Å². The number of aromatic nitrogens is 3. The average Bonchev–Trinajstić information content (AvgIpc) is 3.41. The second-order valence-corrected chi connectivity index (χ2v) is 7.85. The highest BCUT2D eigenvalue weighted by molar-refractivity contribution is 7.17. The minimum absolute atomic E-state index is 0.0728. The van der Waals surface area contributed by atoms with Crippen LogP contribution in [-0.2, 0) is 16.0 Å². The number of benzene rings is 1. The Morgan fingerprint density at radius 2 is 1.83 bits per heavy atom. The molecule has 0 fully saturated rings. The van der Waals surface area contributed by atoms with Gasteiger partial charge in [-0.05, 0) is 34.5 Å². The van der Waals surface area contributed by atoms with Gasteiger partial charge in [-0.25, -0.2) is 0 Å². The third kappa shape index (κ3) is 3.95.